The molecule has 1 fully saturated rings. The Balaban J connectivity index is 2.13. The lowest BCUT2D eigenvalue weighted by Gasteiger charge is -2.20. The number of nitrogen functional groups attached to an aromatic ring is 1. The third-order valence-electron chi connectivity index (χ3n) is 3.26. The third kappa shape index (κ3) is 2.20. The molecule has 1 aliphatic carbocycles. The standard InChI is InChI=1S/C12H17ClN2/c1-8-4-2-6-10(8)15-11-7-3-5-9(13)12(11)14/h3,5,7-8,10,15H,2,4,6,14H2,1H3. The number of benzene rings is 1. The lowest BCUT2D eigenvalue weighted by atomic mass is 10.1. The summed E-state index contributed by atoms with van der Waals surface area (Å²) in [5, 5.41) is 4.12. The highest BCUT2D eigenvalue weighted by Gasteiger charge is 2.23. The molecule has 1 aromatic carbocycles. The van der Waals surface area contributed by atoms with Crippen molar-refractivity contribution in [2.45, 2.75) is 32.2 Å². The van der Waals surface area contributed by atoms with Gasteiger partial charge in [0.15, 0.2) is 0 Å². The highest BCUT2D eigenvalue weighted by atomic mass is 35.5. The first-order valence-corrected chi connectivity index (χ1v) is 5.87. The molecule has 2 nitrogen and oxygen atoms in total. The van der Waals surface area contributed by atoms with Gasteiger partial charge in [-0.3, -0.25) is 0 Å². The van der Waals surface area contributed by atoms with Crippen LogP contribution in [0.3, 0.4) is 0 Å². The summed E-state index contributed by atoms with van der Waals surface area (Å²) in [6, 6.07) is 6.29. The van der Waals surface area contributed by atoms with Crippen LogP contribution in [0.5, 0.6) is 0 Å². The van der Waals surface area contributed by atoms with E-state index in [2.05, 4.69) is 12.2 Å². The maximum Gasteiger partial charge on any atom is 0.0739 e. The average Bonchev–Trinajstić information content (AvgIpc) is 2.60. The van der Waals surface area contributed by atoms with Crippen molar-refractivity contribution >= 4 is 23.0 Å². The topological polar surface area (TPSA) is 38.0 Å². The van der Waals surface area contributed by atoms with Crippen molar-refractivity contribution in [1.82, 2.24) is 0 Å². The van der Waals surface area contributed by atoms with E-state index in [0.717, 1.165) is 11.6 Å². The first kappa shape index (κ1) is 10.6. The van der Waals surface area contributed by atoms with E-state index < -0.39 is 0 Å². The van der Waals surface area contributed by atoms with Gasteiger partial charge in [-0.15, -0.1) is 0 Å². The summed E-state index contributed by atoms with van der Waals surface area (Å²) in [4.78, 5) is 0. The Morgan fingerprint density at radius 1 is 1.40 bits per heavy atom. The Labute approximate surface area is 95.8 Å². The van der Waals surface area contributed by atoms with E-state index in [1.54, 1.807) is 0 Å². The number of halogens is 1. The lowest BCUT2D eigenvalue weighted by molar-refractivity contribution is 0.556. The molecule has 15 heavy (non-hydrogen) atoms. The smallest absolute Gasteiger partial charge is 0.0739 e. The summed E-state index contributed by atoms with van der Waals surface area (Å²) >= 11 is 5.97. The van der Waals surface area contributed by atoms with Crippen molar-refractivity contribution in [2.75, 3.05) is 11.1 Å². The summed E-state index contributed by atoms with van der Waals surface area (Å²) in [5.41, 5.74) is 7.55. The molecule has 1 aromatic rings. The maximum absolute atomic E-state index is 5.97. The molecular weight excluding hydrogens is 208 g/mol. The molecule has 2 unspecified atom stereocenters. The summed E-state index contributed by atoms with van der Waals surface area (Å²) in [7, 11) is 0. The van der Waals surface area contributed by atoms with E-state index in [0.29, 0.717) is 16.8 Å². The quantitative estimate of drug-likeness (QED) is 0.755. The van der Waals surface area contributed by atoms with Crippen molar-refractivity contribution in [3.05, 3.63) is 23.2 Å². The fourth-order valence-electron chi connectivity index (χ4n) is 2.22. The molecule has 0 bridgehead atoms. The van der Waals surface area contributed by atoms with Gasteiger partial charge in [-0.1, -0.05) is 31.0 Å². The molecule has 0 radical (unpaired) electrons. The second-order valence-corrected chi connectivity index (χ2v) is 4.77. The minimum Gasteiger partial charge on any atom is -0.396 e. The molecule has 2 atom stereocenters. The van der Waals surface area contributed by atoms with Crippen LogP contribution in [0.1, 0.15) is 26.2 Å². The van der Waals surface area contributed by atoms with Crippen molar-refractivity contribution in [1.29, 1.82) is 0 Å². The van der Waals surface area contributed by atoms with Crippen molar-refractivity contribution in [3.63, 3.8) is 0 Å². The normalized spacial score (nSPS) is 25.5. The predicted octanol–water partition coefficient (Wildman–Crippen LogP) is 3.52. The number of nitrogens with one attached hydrogen (secondary N) is 1. The molecule has 3 N–H and O–H groups in total. The Bertz CT molecular complexity index is 351. The van der Waals surface area contributed by atoms with E-state index >= 15 is 0 Å². The zero-order valence-electron chi connectivity index (χ0n) is 8.96. The van der Waals surface area contributed by atoms with Crippen LogP contribution in [0.2, 0.25) is 5.02 Å². The summed E-state index contributed by atoms with van der Waals surface area (Å²) in [5.74, 6) is 0.725. The molecule has 82 valence electrons. The predicted molar refractivity (Wildman–Crippen MR) is 66.3 cm³/mol. The Hall–Kier alpha value is -0.890. The van der Waals surface area contributed by atoms with Gasteiger partial charge in [-0.25, -0.2) is 0 Å². The van der Waals surface area contributed by atoms with Crippen LogP contribution in [0.15, 0.2) is 18.2 Å². The van der Waals surface area contributed by atoms with Crippen LogP contribution in [0, 0.1) is 5.92 Å². The van der Waals surface area contributed by atoms with Crippen LogP contribution in [-0.4, -0.2) is 6.04 Å². The Kier molecular flexibility index (Phi) is 3.06. The Morgan fingerprint density at radius 3 is 2.87 bits per heavy atom. The van der Waals surface area contributed by atoms with Crippen molar-refractivity contribution in [2.24, 2.45) is 5.92 Å². The molecule has 0 heterocycles. The molecule has 1 saturated carbocycles. The van der Waals surface area contributed by atoms with Crippen molar-refractivity contribution < 1.29 is 0 Å². The van der Waals surface area contributed by atoms with Crippen LogP contribution in [0.4, 0.5) is 11.4 Å². The van der Waals surface area contributed by atoms with Gasteiger partial charge in [0.05, 0.1) is 16.4 Å². The van der Waals surface area contributed by atoms with E-state index in [1.807, 2.05) is 18.2 Å². The number of hydrogen-bond donors (Lipinski definition) is 2. The number of para-hydroxylation sites is 1. The van der Waals surface area contributed by atoms with Gasteiger partial charge < -0.3 is 11.1 Å². The van der Waals surface area contributed by atoms with Crippen LogP contribution in [-0.2, 0) is 0 Å². The van der Waals surface area contributed by atoms with E-state index in [-0.39, 0.29) is 0 Å². The first-order chi connectivity index (χ1) is 7.18. The number of anilines is 2. The van der Waals surface area contributed by atoms with E-state index in [1.165, 1.54) is 19.3 Å². The molecular formula is C12H17ClN2. The van der Waals surface area contributed by atoms with Crippen LogP contribution < -0.4 is 11.1 Å². The van der Waals surface area contributed by atoms with Gasteiger partial charge in [0.25, 0.3) is 0 Å². The molecule has 0 amide bonds. The summed E-state index contributed by atoms with van der Waals surface area (Å²) in [6.07, 6.45) is 3.84. The monoisotopic (exact) mass is 224 g/mol. The summed E-state index contributed by atoms with van der Waals surface area (Å²) in [6.45, 7) is 2.28. The van der Waals surface area contributed by atoms with Crippen LogP contribution in [0.25, 0.3) is 0 Å². The molecule has 2 rings (SSSR count). The number of rotatable bonds is 2. The largest absolute Gasteiger partial charge is 0.396 e. The third-order valence-corrected chi connectivity index (χ3v) is 3.58. The number of hydrogen-bond acceptors (Lipinski definition) is 2. The second-order valence-electron chi connectivity index (χ2n) is 4.36. The maximum atomic E-state index is 5.97. The minimum absolute atomic E-state index is 0.547. The average molecular weight is 225 g/mol. The molecule has 0 spiro atoms. The zero-order chi connectivity index (χ0) is 10.8. The molecule has 0 aromatic heterocycles. The van der Waals surface area contributed by atoms with E-state index in [9.17, 15) is 0 Å². The zero-order valence-corrected chi connectivity index (χ0v) is 9.72. The van der Waals surface area contributed by atoms with E-state index in [4.69, 9.17) is 17.3 Å². The highest BCUT2D eigenvalue weighted by molar-refractivity contribution is 6.33. The highest BCUT2D eigenvalue weighted by Crippen LogP contribution is 2.32. The van der Waals surface area contributed by atoms with Gasteiger partial charge in [-0.2, -0.15) is 0 Å². The van der Waals surface area contributed by atoms with Crippen molar-refractivity contribution in [3.8, 4) is 0 Å². The summed E-state index contributed by atoms with van der Waals surface area (Å²) < 4.78 is 0. The first-order valence-electron chi connectivity index (χ1n) is 5.49. The van der Waals surface area contributed by atoms with Gasteiger partial charge >= 0.3 is 0 Å². The van der Waals surface area contributed by atoms with Gasteiger partial charge in [-0.05, 0) is 30.9 Å². The molecule has 1 aliphatic rings. The SMILES string of the molecule is CC1CCCC1Nc1cccc(Cl)c1N. The molecule has 3 heteroatoms. The Morgan fingerprint density at radius 2 is 2.20 bits per heavy atom. The van der Waals surface area contributed by atoms with Gasteiger partial charge in [0.1, 0.15) is 0 Å². The molecule has 0 saturated heterocycles. The fourth-order valence-corrected chi connectivity index (χ4v) is 2.40. The van der Waals surface area contributed by atoms with Crippen LogP contribution >= 0.6 is 11.6 Å². The fraction of sp³-hybridized carbons (Fsp3) is 0.500. The van der Waals surface area contributed by atoms with Gasteiger partial charge in [0.2, 0.25) is 0 Å². The molecule has 0 aliphatic heterocycles. The number of nitrogens with two attached hydrogens (primary N) is 1. The second kappa shape index (κ2) is 4.31. The van der Waals surface area contributed by atoms with Gasteiger partial charge in [0, 0.05) is 6.04 Å². The minimum atomic E-state index is 0.547. The lowest BCUT2D eigenvalue weighted by Crippen LogP contribution is -2.22.